The van der Waals surface area contributed by atoms with E-state index in [0.717, 1.165) is 16.5 Å². The molecule has 0 saturated carbocycles. The molecule has 1 N–H and O–H groups in total. The molecule has 3 heteroatoms. The second-order valence-electron chi connectivity index (χ2n) is 3.39. The quantitative estimate of drug-likeness (QED) is 0.828. The van der Waals surface area contributed by atoms with Gasteiger partial charge in [0.1, 0.15) is 5.58 Å². The predicted molar refractivity (Wildman–Crippen MR) is 58.2 cm³/mol. The topological polar surface area (TPSA) is 49.0 Å². The first-order valence-electron chi connectivity index (χ1n) is 4.87. The van der Waals surface area contributed by atoms with Crippen LogP contribution in [-0.4, -0.2) is 7.05 Å². The van der Waals surface area contributed by atoms with Crippen LogP contribution in [0.1, 0.15) is 18.0 Å². The van der Waals surface area contributed by atoms with Crippen molar-refractivity contribution in [3.8, 4) is 6.07 Å². The standard InChI is InChI=1S/C12H12N2O/c1-14-11(6-7-13)10-8-15-12-5-3-2-4-9(10)12/h2-5,8,11,14H,6H2,1H3. The van der Waals surface area contributed by atoms with Crippen LogP contribution in [-0.2, 0) is 0 Å². The van der Waals surface area contributed by atoms with Crippen LogP contribution in [0, 0.1) is 11.3 Å². The van der Waals surface area contributed by atoms with Crippen molar-refractivity contribution >= 4 is 11.0 Å². The van der Waals surface area contributed by atoms with Crippen molar-refractivity contribution in [2.24, 2.45) is 0 Å². The van der Waals surface area contributed by atoms with Crippen LogP contribution >= 0.6 is 0 Å². The van der Waals surface area contributed by atoms with Gasteiger partial charge in [-0.15, -0.1) is 0 Å². The number of furan rings is 1. The fraction of sp³-hybridized carbons (Fsp3) is 0.250. The van der Waals surface area contributed by atoms with E-state index in [-0.39, 0.29) is 6.04 Å². The van der Waals surface area contributed by atoms with Crippen LogP contribution in [0.2, 0.25) is 0 Å². The zero-order valence-electron chi connectivity index (χ0n) is 8.53. The summed E-state index contributed by atoms with van der Waals surface area (Å²) in [5.41, 5.74) is 1.92. The van der Waals surface area contributed by atoms with E-state index in [1.807, 2.05) is 31.3 Å². The Labute approximate surface area is 88.3 Å². The van der Waals surface area contributed by atoms with Gasteiger partial charge < -0.3 is 9.73 Å². The van der Waals surface area contributed by atoms with Crippen LogP contribution in [0.5, 0.6) is 0 Å². The Balaban J connectivity index is 2.47. The Morgan fingerprint density at radius 1 is 1.47 bits per heavy atom. The third-order valence-corrected chi connectivity index (χ3v) is 2.53. The summed E-state index contributed by atoms with van der Waals surface area (Å²) < 4.78 is 5.43. The molecule has 0 saturated heterocycles. The summed E-state index contributed by atoms with van der Waals surface area (Å²) in [5.74, 6) is 0. The molecule has 0 amide bonds. The van der Waals surface area contributed by atoms with Gasteiger partial charge in [-0.2, -0.15) is 5.26 Å². The number of hydrogen-bond donors (Lipinski definition) is 1. The molecule has 15 heavy (non-hydrogen) atoms. The first-order valence-corrected chi connectivity index (χ1v) is 4.87. The summed E-state index contributed by atoms with van der Waals surface area (Å²) in [6.45, 7) is 0. The lowest BCUT2D eigenvalue weighted by Gasteiger charge is -2.10. The Morgan fingerprint density at radius 2 is 2.27 bits per heavy atom. The largest absolute Gasteiger partial charge is 0.464 e. The van der Waals surface area contributed by atoms with Crippen LogP contribution in [0.3, 0.4) is 0 Å². The minimum Gasteiger partial charge on any atom is -0.464 e. The van der Waals surface area contributed by atoms with Gasteiger partial charge in [0.25, 0.3) is 0 Å². The summed E-state index contributed by atoms with van der Waals surface area (Å²) in [5, 5.41) is 12.9. The Morgan fingerprint density at radius 3 is 3.00 bits per heavy atom. The zero-order chi connectivity index (χ0) is 10.7. The Kier molecular flexibility index (Phi) is 2.70. The fourth-order valence-electron chi connectivity index (χ4n) is 1.73. The molecule has 0 aliphatic heterocycles. The van der Waals surface area contributed by atoms with E-state index in [1.54, 1.807) is 6.26 Å². The predicted octanol–water partition coefficient (Wildman–Crippen LogP) is 2.61. The van der Waals surface area contributed by atoms with Crippen molar-refractivity contribution in [3.05, 3.63) is 36.1 Å². The number of fused-ring (bicyclic) bond motifs is 1. The molecule has 0 aliphatic rings. The lowest BCUT2D eigenvalue weighted by molar-refractivity contribution is 0.572. The highest BCUT2D eigenvalue weighted by Crippen LogP contribution is 2.27. The third-order valence-electron chi connectivity index (χ3n) is 2.53. The normalized spacial score (nSPS) is 12.5. The Hall–Kier alpha value is -1.79. The summed E-state index contributed by atoms with van der Waals surface area (Å²) in [6.07, 6.45) is 2.17. The minimum absolute atomic E-state index is 0.0404. The molecular formula is C12H12N2O. The van der Waals surface area contributed by atoms with Crippen LogP contribution in [0.15, 0.2) is 34.9 Å². The maximum Gasteiger partial charge on any atom is 0.134 e. The minimum atomic E-state index is 0.0404. The van der Waals surface area contributed by atoms with Crippen molar-refractivity contribution < 1.29 is 4.42 Å². The second kappa shape index (κ2) is 4.16. The summed E-state index contributed by atoms with van der Waals surface area (Å²) >= 11 is 0. The van der Waals surface area contributed by atoms with Gasteiger partial charge in [0.15, 0.2) is 0 Å². The molecule has 1 unspecified atom stereocenters. The fourth-order valence-corrected chi connectivity index (χ4v) is 1.73. The van der Waals surface area contributed by atoms with Crippen molar-refractivity contribution in [3.63, 3.8) is 0 Å². The lowest BCUT2D eigenvalue weighted by atomic mass is 10.0. The molecule has 0 aliphatic carbocycles. The van der Waals surface area contributed by atoms with Gasteiger partial charge in [0.2, 0.25) is 0 Å². The summed E-state index contributed by atoms with van der Waals surface area (Å²) in [7, 11) is 1.85. The molecule has 1 aromatic carbocycles. The highest BCUT2D eigenvalue weighted by atomic mass is 16.3. The van der Waals surface area contributed by atoms with E-state index in [4.69, 9.17) is 9.68 Å². The lowest BCUT2D eigenvalue weighted by Crippen LogP contribution is -2.15. The van der Waals surface area contributed by atoms with Crippen molar-refractivity contribution in [2.45, 2.75) is 12.5 Å². The molecule has 2 rings (SSSR count). The van der Waals surface area contributed by atoms with Gasteiger partial charge in [-0.05, 0) is 13.1 Å². The van der Waals surface area contributed by atoms with Crippen molar-refractivity contribution in [2.75, 3.05) is 7.05 Å². The monoisotopic (exact) mass is 200 g/mol. The average molecular weight is 200 g/mol. The van der Waals surface area contributed by atoms with E-state index in [1.165, 1.54) is 0 Å². The molecule has 1 atom stereocenters. The molecular weight excluding hydrogens is 188 g/mol. The molecule has 0 spiro atoms. The van der Waals surface area contributed by atoms with E-state index in [0.29, 0.717) is 6.42 Å². The van der Waals surface area contributed by atoms with Gasteiger partial charge >= 0.3 is 0 Å². The molecule has 76 valence electrons. The molecule has 0 radical (unpaired) electrons. The van der Waals surface area contributed by atoms with Crippen molar-refractivity contribution in [1.29, 1.82) is 5.26 Å². The van der Waals surface area contributed by atoms with Crippen LogP contribution in [0.25, 0.3) is 11.0 Å². The SMILES string of the molecule is CNC(CC#N)c1coc2ccccc12. The maximum absolute atomic E-state index is 8.72. The average Bonchev–Trinajstić information content (AvgIpc) is 2.70. The molecule has 1 aromatic heterocycles. The Bertz CT molecular complexity index is 496. The van der Waals surface area contributed by atoms with Gasteiger partial charge in [0, 0.05) is 17.0 Å². The molecule has 0 fully saturated rings. The molecule has 1 heterocycles. The molecule has 0 bridgehead atoms. The van der Waals surface area contributed by atoms with E-state index in [2.05, 4.69) is 11.4 Å². The first-order chi connectivity index (χ1) is 7.36. The van der Waals surface area contributed by atoms with Gasteiger partial charge in [-0.1, -0.05) is 18.2 Å². The summed E-state index contributed by atoms with van der Waals surface area (Å²) in [4.78, 5) is 0. The highest BCUT2D eigenvalue weighted by Gasteiger charge is 2.14. The zero-order valence-corrected chi connectivity index (χ0v) is 8.53. The number of benzene rings is 1. The smallest absolute Gasteiger partial charge is 0.134 e. The molecule has 2 aromatic rings. The number of para-hydroxylation sites is 1. The number of nitrogens with one attached hydrogen (secondary N) is 1. The number of nitriles is 1. The van der Waals surface area contributed by atoms with E-state index in [9.17, 15) is 0 Å². The summed E-state index contributed by atoms with van der Waals surface area (Å²) in [6, 6.07) is 10.1. The number of hydrogen-bond acceptors (Lipinski definition) is 3. The van der Waals surface area contributed by atoms with Gasteiger partial charge in [-0.25, -0.2) is 0 Å². The van der Waals surface area contributed by atoms with Gasteiger partial charge in [-0.3, -0.25) is 0 Å². The van der Waals surface area contributed by atoms with Crippen LogP contribution in [0.4, 0.5) is 0 Å². The van der Waals surface area contributed by atoms with E-state index >= 15 is 0 Å². The highest BCUT2D eigenvalue weighted by molar-refractivity contribution is 5.81. The maximum atomic E-state index is 8.72. The second-order valence-corrected chi connectivity index (χ2v) is 3.39. The number of rotatable bonds is 3. The molecule has 3 nitrogen and oxygen atoms in total. The van der Waals surface area contributed by atoms with Crippen molar-refractivity contribution in [1.82, 2.24) is 5.32 Å². The van der Waals surface area contributed by atoms with E-state index < -0.39 is 0 Å². The van der Waals surface area contributed by atoms with Gasteiger partial charge in [0.05, 0.1) is 18.8 Å². The third kappa shape index (κ3) is 1.72. The first kappa shape index (κ1) is 9.75. The number of nitrogens with zero attached hydrogens (tertiary/aromatic N) is 1. The van der Waals surface area contributed by atoms with Crippen LogP contribution < -0.4 is 5.32 Å².